The van der Waals surface area contributed by atoms with Crippen molar-refractivity contribution in [3.05, 3.63) is 0 Å². The van der Waals surface area contributed by atoms with Gasteiger partial charge in [-0.25, -0.2) is 0 Å². The molecule has 0 heterocycles. The van der Waals surface area contributed by atoms with E-state index in [-0.39, 0.29) is 29.6 Å². The van der Waals surface area contributed by atoms with Gasteiger partial charge in [-0.15, -0.1) is 0 Å². The molecule has 6 heavy (non-hydrogen) atoms. The summed E-state index contributed by atoms with van der Waals surface area (Å²) in [5.41, 5.74) is 0. The average molecular weight is 132 g/mol. The van der Waals surface area contributed by atoms with Crippen molar-refractivity contribution in [3.8, 4) is 0 Å². The van der Waals surface area contributed by atoms with Crippen molar-refractivity contribution in [2.24, 2.45) is 0 Å². The second kappa shape index (κ2) is 9.85. The summed E-state index contributed by atoms with van der Waals surface area (Å²) in [5.74, 6) is 2.17. The third-order valence-electron chi connectivity index (χ3n) is 0.295. The zero-order valence-electron chi connectivity index (χ0n) is 3.27. The van der Waals surface area contributed by atoms with Crippen LogP contribution in [0.4, 0.5) is 0 Å². The van der Waals surface area contributed by atoms with Crippen molar-refractivity contribution >= 4 is 53.9 Å². The van der Waals surface area contributed by atoms with Crippen LogP contribution in [0.5, 0.6) is 0 Å². The molecule has 0 saturated carbocycles. The molecule has 0 nitrogen and oxygen atoms in total. The standard InChI is InChI=1S/C3H8S2.Na.H/c1-5-3-2-4;;/h4H,2-3H2,1H3;;. The van der Waals surface area contributed by atoms with Crippen LogP contribution >= 0.6 is 24.4 Å². The Labute approximate surface area is 71.2 Å². The fraction of sp³-hybridized carbons (Fsp3) is 1.00. The third-order valence-corrected chi connectivity index (χ3v) is 1.43. The SMILES string of the molecule is CSCCS.[NaH]. The first-order valence-electron chi connectivity index (χ1n) is 1.51. The minimum atomic E-state index is 0. The van der Waals surface area contributed by atoms with E-state index in [1.54, 1.807) is 0 Å². The molecule has 0 spiro atoms. The fourth-order valence-corrected chi connectivity index (χ4v) is 0.822. The van der Waals surface area contributed by atoms with Crippen LogP contribution in [0.25, 0.3) is 0 Å². The van der Waals surface area contributed by atoms with E-state index in [1.807, 2.05) is 11.8 Å². The molecule has 0 rings (SSSR count). The number of thioether (sulfide) groups is 1. The zero-order valence-corrected chi connectivity index (χ0v) is 4.98. The van der Waals surface area contributed by atoms with Crippen LogP contribution in [-0.2, 0) is 0 Å². The molecule has 0 bridgehead atoms. The Kier molecular flexibility index (Phi) is 17.5. The predicted molar refractivity (Wildman–Crippen MR) is 39.4 cm³/mol. The molecule has 0 fully saturated rings. The summed E-state index contributed by atoms with van der Waals surface area (Å²) in [7, 11) is 0. The van der Waals surface area contributed by atoms with E-state index in [0.717, 1.165) is 5.75 Å². The van der Waals surface area contributed by atoms with Crippen LogP contribution in [0.3, 0.4) is 0 Å². The molecule has 0 aromatic rings. The van der Waals surface area contributed by atoms with Crippen molar-refractivity contribution < 1.29 is 0 Å². The van der Waals surface area contributed by atoms with Gasteiger partial charge < -0.3 is 0 Å². The van der Waals surface area contributed by atoms with Gasteiger partial charge in [-0.3, -0.25) is 0 Å². The van der Waals surface area contributed by atoms with Crippen LogP contribution in [0.2, 0.25) is 0 Å². The van der Waals surface area contributed by atoms with Crippen molar-refractivity contribution in [1.82, 2.24) is 0 Å². The number of rotatable bonds is 2. The summed E-state index contributed by atoms with van der Waals surface area (Å²) in [6, 6.07) is 0. The molecule has 34 valence electrons. The maximum atomic E-state index is 3.98. The topological polar surface area (TPSA) is 0 Å². The van der Waals surface area contributed by atoms with Gasteiger partial charge in [0.05, 0.1) is 0 Å². The van der Waals surface area contributed by atoms with Gasteiger partial charge in [0.25, 0.3) is 0 Å². The Balaban J connectivity index is 0. The molecular formula is C3H9NaS2. The van der Waals surface area contributed by atoms with E-state index in [0.29, 0.717) is 0 Å². The average Bonchev–Trinajstić information content (AvgIpc) is 1.41. The second-order valence-corrected chi connectivity index (χ2v) is 2.15. The zero-order chi connectivity index (χ0) is 4.12. The molecule has 0 aliphatic rings. The first-order valence-corrected chi connectivity index (χ1v) is 3.54. The van der Waals surface area contributed by atoms with E-state index in [4.69, 9.17) is 0 Å². The van der Waals surface area contributed by atoms with E-state index in [9.17, 15) is 0 Å². The predicted octanol–water partition coefficient (Wildman–Crippen LogP) is 0.631. The summed E-state index contributed by atoms with van der Waals surface area (Å²) in [4.78, 5) is 0. The van der Waals surface area contributed by atoms with Crippen molar-refractivity contribution in [2.45, 2.75) is 0 Å². The van der Waals surface area contributed by atoms with Gasteiger partial charge in [0.15, 0.2) is 0 Å². The number of hydrogen-bond donors (Lipinski definition) is 1. The molecule has 0 atom stereocenters. The molecule has 0 amide bonds. The van der Waals surface area contributed by atoms with Gasteiger partial charge in [0.1, 0.15) is 0 Å². The van der Waals surface area contributed by atoms with E-state index in [2.05, 4.69) is 18.9 Å². The molecular weight excluding hydrogens is 123 g/mol. The van der Waals surface area contributed by atoms with Crippen LogP contribution in [0, 0.1) is 0 Å². The van der Waals surface area contributed by atoms with Gasteiger partial charge >= 0.3 is 29.6 Å². The number of hydrogen-bond acceptors (Lipinski definition) is 2. The van der Waals surface area contributed by atoms with E-state index in [1.165, 1.54) is 5.75 Å². The van der Waals surface area contributed by atoms with Crippen molar-refractivity contribution in [1.29, 1.82) is 0 Å². The first-order chi connectivity index (χ1) is 2.41. The van der Waals surface area contributed by atoms with E-state index < -0.39 is 0 Å². The fourth-order valence-electron chi connectivity index (χ4n) is 0.0913. The van der Waals surface area contributed by atoms with Crippen molar-refractivity contribution in [3.63, 3.8) is 0 Å². The Bertz CT molecular complexity index is 16.3. The first kappa shape index (κ1) is 10.6. The maximum absolute atomic E-state index is 3.98. The molecule has 0 N–H and O–H groups in total. The number of thiol groups is 1. The van der Waals surface area contributed by atoms with E-state index >= 15 is 0 Å². The minimum absolute atomic E-state index is 0. The normalized spacial score (nSPS) is 7.00. The summed E-state index contributed by atoms with van der Waals surface area (Å²) in [6.07, 6.45) is 2.08. The molecule has 0 aromatic carbocycles. The van der Waals surface area contributed by atoms with Gasteiger partial charge in [0, 0.05) is 5.75 Å². The molecule has 0 saturated heterocycles. The van der Waals surface area contributed by atoms with Crippen LogP contribution in [-0.4, -0.2) is 47.3 Å². The van der Waals surface area contributed by atoms with Gasteiger partial charge in [-0.1, -0.05) is 0 Å². The summed E-state index contributed by atoms with van der Waals surface area (Å²) >= 11 is 5.81. The molecule has 0 aliphatic heterocycles. The van der Waals surface area contributed by atoms with Crippen LogP contribution in [0.1, 0.15) is 0 Å². The second-order valence-electron chi connectivity index (χ2n) is 0.716. The Morgan fingerprint density at radius 1 is 1.67 bits per heavy atom. The molecule has 0 aromatic heterocycles. The Hall–Kier alpha value is 1.70. The van der Waals surface area contributed by atoms with Gasteiger partial charge in [-0.05, 0) is 12.0 Å². The molecule has 0 radical (unpaired) electrons. The monoisotopic (exact) mass is 132 g/mol. The summed E-state index contributed by atoms with van der Waals surface area (Å²) in [6.45, 7) is 0. The van der Waals surface area contributed by atoms with Gasteiger partial charge in [0.2, 0.25) is 0 Å². The van der Waals surface area contributed by atoms with Gasteiger partial charge in [-0.2, -0.15) is 24.4 Å². The third kappa shape index (κ3) is 9.20. The Morgan fingerprint density at radius 3 is 2.17 bits per heavy atom. The molecule has 3 heteroatoms. The molecule has 0 aliphatic carbocycles. The van der Waals surface area contributed by atoms with Crippen LogP contribution < -0.4 is 0 Å². The van der Waals surface area contributed by atoms with Crippen molar-refractivity contribution in [2.75, 3.05) is 17.8 Å². The Morgan fingerprint density at radius 2 is 2.17 bits per heavy atom. The quantitative estimate of drug-likeness (QED) is 0.425. The summed E-state index contributed by atoms with van der Waals surface area (Å²) in [5, 5.41) is 0. The molecule has 0 unspecified atom stereocenters. The summed E-state index contributed by atoms with van der Waals surface area (Å²) < 4.78 is 0. The van der Waals surface area contributed by atoms with Crippen LogP contribution in [0.15, 0.2) is 0 Å².